The van der Waals surface area contributed by atoms with Crippen LogP contribution in [0, 0.1) is 11.6 Å². The van der Waals surface area contributed by atoms with Crippen molar-refractivity contribution in [3.8, 4) is 5.69 Å². The lowest BCUT2D eigenvalue weighted by atomic mass is 10.1. The Balaban J connectivity index is 1.90. The average Bonchev–Trinajstić information content (AvgIpc) is 3.41. The van der Waals surface area contributed by atoms with Crippen LogP contribution in [0.25, 0.3) is 27.6 Å². The molecule has 1 aliphatic carbocycles. The van der Waals surface area contributed by atoms with Crippen molar-refractivity contribution < 1.29 is 18.7 Å². The average molecular weight is 382 g/mol. The van der Waals surface area contributed by atoms with Gasteiger partial charge in [0.15, 0.2) is 5.82 Å². The molecule has 7 nitrogen and oxygen atoms in total. The zero-order valence-corrected chi connectivity index (χ0v) is 14.3. The van der Waals surface area contributed by atoms with Gasteiger partial charge >= 0.3 is 5.97 Å². The molecule has 9 heteroatoms. The molecule has 2 heterocycles. The van der Waals surface area contributed by atoms with Gasteiger partial charge in [-0.05, 0) is 43.2 Å². The molecule has 0 spiro atoms. The van der Waals surface area contributed by atoms with Crippen LogP contribution >= 0.6 is 0 Å². The number of aromatic carboxylic acids is 1. The third kappa shape index (κ3) is 2.32. The monoisotopic (exact) mass is 382 g/mol. The number of pyridine rings is 1. The van der Waals surface area contributed by atoms with E-state index >= 15 is 0 Å². The summed E-state index contributed by atoms with van der Waals surface area (Å²) < 4.78 is 31.1. The van der Waals surface area contributed by atoms with E-state index in [2.05, 4.69) is 10.3 Å². The Morgan fingerprint density at radius 2 is 1.86 bits per heavy atom. The largest absolute Gasteiger partial charge is 0.477 e. The second-order valence-electron chi connectivity index (χ2n) is 6.74. The van der Waals surface area contributed by atoms with Crippen LogP contribution in [0.2, 0.25) is 0 Å². The zero-order valence-electron chi connectivity index (χ0n) is 14.3. The van der Waals surface area contributed by atoms with Crippen molar-refractivity contribution in [1.82, 2.24) is 19.6 Å². The first-order valence-corrected chi connectivity index (χ1v) is 8.57. The summed E-state index contributed by atoms with van der Waals surface area (Å²) >= 11 is 0. The Labute approximate surface area is 155 Å². The highest BCUT2D eigenvalue weighted by Gasteiger charge is 2.29. The molecular formula is C19H12F2N4O3. The van der Waals surface area contributed by atoms with Gasteiger partial charge in [0.05, 0.1) is 16.6 Å². The Kier molecular flexibility index (Phi) is 3.36. The molecule has 5 rings (SSSR count). The minimum absolute atomic E-state index is 0.0193. The maximum Gasteiger partial charge on any atom is 0.341 e. The second kappa shape index (κ2) is 5.69. The van der Waals surface area contributed by atoms with Gasteiger partial charge in [0.25, 0.3) is 0 Å². The Morgan fingerprint density at radius 1 is 1.14 bits per heavy atom. The van der Waals surface area contributed by atoms with Crippen LogP contribution in [0.5, 0.6) is 0 Å². The Bertz CT molecular complexity index is 1340. The highest BCUT2D eigenvalue weighted by atomic mass is 19.1. The lowest BCUT2D eigenvalue weighted by Gasteiger charge is -2.12. The number of halogens is 2. The quantitative estimate of drug-likeness (QED) is 0.588. The van der Waals surface area contributed by atoms with Gasteiger partial charge in [-0.3, -0.25) is 4.79 Å². The minimum Gasteiger partial charge on any atom is -0.477 e. The van der Waals surface area contributed by atoms with Crippen LogP contribution < -0.4 is 5.43 Å². The van der Waals surface area contributed by atoms with E-state index in [0.29, 0.717) is 11.2 Å². The van der Waals surface area contributed by atoms with Gasteiger partial charge in [-0.15, -0.1) is 5.10 Å². The molecule has 28 heavy (non-hydrogen) atoms. The number of carbonyl (C=O) groups is 1. The fraction of sp³-hybridized carbons (Fsp3) is 0.158. The van der Waals surface area contributed by atoms with Gasteiger partial charge in [-0.1, -0.05) is 5.21 Å². The smallest absolute Gasteiger partial charge is 0.341 e. The summed E-state index contributed by atoms with van der Waals surface area (Å²) in [6.45, 7) is 0. The number of aromatic nitrogens is 4. The predicted molar refractivity (Wildman–Crippen MR) is 95.8 cm³/mol. The van der Waals surface area contributed by atoms with E-state index in [0.717, 1.165) is 18.9 Å². The SMILES string of the molecule is O=C(O)c1cn(C2CC2)c2c(cc(F)c3c2nnn3-c2ccc(F)cc2)c1=O. The lowest BCUT2D eigenvalue weighted by Crippen LogP contribution is -2.19. The first-order valence-electron chi connectivity index (χ1n) is 8.57. The van der Waals surface area contributed by atoms with E-state index in [1.54, 1.807) is 4.57 Å². The molecular weight excluding hydrogens is 370 g/mol. The number of fused-ring (bicyclic) bond motifs is 3. The molecule has 140 valence electrons. The van der Waals surface area contributed by atoms with E-state index < -0.39 is 28.6 Å². The van der Waals surface area contributed by atoms with Crippen molar-refractivity contribution in [2.45, 2.75) is 18.9 Å². The van der Waals surface area contributed by atoms with Crippen molar-refractivity contribution in [2.24, 2.45) is 0 Å². The number of hydrogen-bond acceptors (Lipinski definition) is 4. The van der Waals surface area contributed by atoms with E-state index in [1.165, 1.54) is 35.1 Å². The number of nitrogens with zero attached hydrogens (tertiary/aromatic N) is 4. The van der Waals surface area contributed by atoms with Gasteiger partial charge in [0, 0.05) is 12.2 Å². The summed E-state index contributed by atoms with van der Waals surface area (Å²) in [5.41, 5.74) is -0.233. The fourth-order valence-corrected chi connectivity index (χ4v) is 3.44. The van der Waals surface area contributed by atoms with Crippen LogP contribution in [0.3, 0.4) is 0 Å². The molecule has 2 aromatic heterocycles. The third-order valence-electron chi connectivity index (χ3n) is 4.90. The molecule has 0 unspecified atom stereocenters. The van der Waals surface area contributed by atoms with E-state index in [-0.39, 0.29) is 22.5 Å². The van der Waals surface area contributed by atoms with E-state index in [9.17, 15) is 23.5 Å². The van der Waals surface area contributed by atoms with Gasteiger partial charge in [-0.2, -0.15) is 0 Å². The molecule has 1 saturated carbocycles. The summed E-state index contributed by atoms with van der Waals surface area (Å²) in [4.78, 5) is 24.1. The fourth-order valence-electron chi connectivity index (χ4n) is 3.44. The predicted octanol–water partition coefficient (Wildman–Crippen LogP) is 3.05. The van der Waals surface area contributed by atoms with E-state index in [4.69, 9.17) is 0 Å². The molecule has 0 radical (unpaired) electrons. The number of carboxylic acid groups (broad SMARTS) is 1. The highest BCUT2D eigenvalue weighted by Crippen LogP contribution is 2.39. The van der Waals surface area contributed by atoms with E-state index in [1.807, 2.05) is 0 Å². The number of hydrogen-bond donors (Lipinski definition) is 1. The van der Waals surface area contributed by atoms with Gasteiger partial charge in [-0.25, -0.2) is 18.3 Å². The number of rotatable bonds is 3. The summed E-state index contributed by atoms with van der Waals surface area (Å²) in [6, 6.07) is 6.37. The van der Waals surface area contributed by atoms with Crippen molar-refractivity contribution in [2.75, 3.05) is 0 Å². The van der Waals surface area contributed by atoms with Crippen molar-refractivity contribution >= 4 is 27.9 Å². The summed E-state index contributed by atoms with van der Waals surface area (Å²) in [5.74, 6) is -2.57. The Morgan fingerprint density at radius 3 is 2.50 bits per heavy atom. The first-order chi connectivity index (χ1) is 13.5. The van der Waals surface area contributed by atoms with Crippen LogP contribution in [-0.4, -0.2) is 30.6 Å². The van der Waals surface area contributed by atoms with Crippen LogP contribution in [0.15, 0.2) is 41.3 Å². The van der Waals surface area contributed by atoms with Gasteiger partial charge in [0.2, 0.25) is 5.43 Å². The summed E-state index contributed by atoms with van der Waals surface area (Å²) in [5, 5.41) is 17.3. The number of carboxylic acids is 1. The van der Waals surface area contributed by atoms with Crippen LogP contribution in [-0.2, 0) is 0 Å². The van der Waals surface area contributed by atoms with Crippen molar-refractivity contribution in [3.05, 3.63) is 63.9 Å². The second-order valence-corrected chi connectivity index (χ2v) is 6.74. The molecule has 0 aliphatic heterocycles. The maximum atomic E-state index is 15.0. The van der Waals surface area contributed by atoms with Crippen LogP contribution in [0.4, 0.5) is 8.78 Å². The molecule has 2 aromatic carbocycles. The normalized spacial score (nSPS) is 14.1. The molecule has 0 bridgehead atoms. The lowest BCUT2D eigenvalue weighted by molar-refractivity contribution is 0.0695. The van der Waals surface area contributed by atoms with Crippen molar-refractivity contribution in [1.29, 1.82) is 0 Å². The topological polar surface area (TPSA) is 90.0 Å². The number of benzene rings is 2. The zero-order chi connectivity index (χ0) is 19.6. The summed E-state index contributed by atoms with van der Waals surface area (Å²) in [6.07, 6.45) is 2.93. The maximum absolute atomic E-state index is 15.0. The molecule has 1 fully saturated rings. The Hall–Kier alpha value is -3.62. The molecule has 0 saturated heterocycles. The molecule has 1 N–H and O–H groups in total. The van der Waals surface area contributed by atoms with Gasteiger partial charge in [0.1, 0.15) is 22.4 Å². The molecule has 4 aromatic rings. The summed E-state index contributed by atoms with van der Waals surface area (Å²) in [7, 11) is 0. The van der Waals surface area contributed by atoms with Gasteiger partial charge < -0.3 is 9.67 Å². The third-order valence-corrected chi connectivity index (χ3v) is 4.90. The molecule has 1 aliphatic rings. The first kappa shape index (κ1) is 16.5. The van der Waals surface area contributed by atoms with Crippen molar-refractivity contribution in [3.63, 3.8) is 0 Å². The molecule has 0 atom stereocenters. The molecule has 0 amide bonds. The van der Waals surface area contributed by atoms with Crippen LogP contribution in [0.1, 0.15) is 29.2 Å². The minimum atomic E-state index is -1.36. The highest BCUT2D eigenvalue weighted by molar-refractivity contribution is 6.04. The standard InChI is InChI=1S/C19H12F2N4O3/c20-9-1-3-11(4-2-9)25-17-14(21)7-12-16(15(17)22-23-25)24(10-5-6-10)8-13(18(12)26)19(27)28/h1-4,7-8,10H,5-6H2,(H,27,28).